The van der Waals surface area contributed by atoms with E-state index in [1.165, 1.54) is 22.8 Å². The molecule has 190 valence electrons. The number of carbonyl (C=O) groups excluding carboxylic acids is 1. The zero-order valence-corrected chi connectivity index (χ0v) is 21.2. The number of benzene rings is 2. The Labute approximate surface area is 212 Å². The maximum absolute atomic E-state index is 13.9. The van der Waals surface area contributed by atoms with Crippen LogP contribution in [0.5, 0.6) is 11.5 Å². The largest absolute Gasteiger partial charge is 0.456 e. The summed E-state index contributed by atoms with van der Waals surface area (Å²) in [7, 11) is 1.60. The van der Waals surface area contributed by atoms with Crippen LogP contribution in [0.1, 0.15) is 41.0 Å². The molecule has 4 rings (SSSR count). The molecule has 0 unspecified atom stereocenters. The van der Waals surface area contributed by atoms with E-state index in [2.05, 4.69) is 10.3 Å². The van der Waals surface area contributed by atoms with Crippen LogP contribution in [0.25, 0.3) is 22.0 Å². The maximum atomic E-state index is 13.9. The summed E-state index contributed by atoms with van der Waals surface area (Å²) in [6.45, 7) is 6.63. The highest BCUT2D eigenvalue weighted by molar-refractivity contribution is 6.02. The number of H-pyrrole nitrogens is 1. The third-order valence-electron chi connectivity index (χ3n) is 6.15. The van der Waals surface area contributed by atoms with Gasteiger partial charge in [0.2, 0.25) is 0 Å². The molecule has 0 atom stereocenters. The standard InChI is InChI=1S/C28H27FN4O4/c1-15-10-18(29)11-16(2)25(15)37-23-7-6-17(28(3,4)36)12-19(23)21-14-33(5)27(35)20-13-22(32-24(20)21)26(34)31-9-8-30/h6-7,10-14,32,36H,9H2,1-5H3,(H,31,34). The highest BCUT2D eigenvalue weighted by atomic mass is 19.1. The number of hydrogen-bond donors (Lipinski definition) is 3. The van der Waals surface area contributed by atoms with E-state index in [-0.39, 0.29) is 29.0 Å². The summed E-state index contributed by atoms with van der Waals surface area (Å²) in [5.74, 6) is 0.0111. The van der Waals surface area contributed by atoms with Gasteiger partial charge in [0.1, 0.15) is 29.6 Å². The summed E-state index contributed by atoms with van der Waals surface area (Å²) in [5, 5.41) is 22.2. The molecule has 0 aliphatic rings. The summed E-state index contributed by atoms with van der Waals surface area (Å²) in [5.41, 5.74) is 1.95. The Kier molecular flexibility index (Phi) is 6.63. The molecule has 0 fully saturated rings. The molecule has 8 nitrogen and oxygen atoms in total. The van der Waals surface area contributed by atoms with Gasteiger partial charge in [-0.1, -0.05) is 6.07 Å². The van der Waals surface area contributed by atoms with E-state index in [4.69, 9.17) is 10.00 Å². The molecule has 1 amide bonds. The van der Waals surface area contributed by atoms with E-state index in [1.54, 1.807) is 59.1 Å². The number of fused-ring (bicyclic) bond motifs is 1. The Hall–Kier alpha value is -4.42. The van der Waals surface area contributed by atoms with Crippen LogP contribution in [0.15, 0.2) is 47.4 Å². The fourth-order valence-electron chi connectivity index (χ4n) is 4.26. The van der Waals surface area contributed by atoms with Crippen LogP contribution in [0.4, 0.5) is 4.39 Å². The van der Waals surface area contributed by atoms with Gasteiger partial charge in [0, 0.05) is 24.4 Å². The van der Waals surface area contributed by atoms with Crippen molar-refractivity contribution in [3.8, 4) is 28.7 Å². The third-order valence-corrected chi connectivity index (χ3v) is 6.15. The Balaban J connectivity index is 1.98. The monoisotopic (exact) mass is 502 g/mol. The number of pyridine rings is 1. The minimum Gasteiger partial charge on any atom is -0.456 e. The normalized spacial score (nSPS) is 11.4. The molecule has 0 aliphatic carbocycles. The Morgan fingerprint density at radius 1 is 1.19 bits per heavy atom. The lowest BCUT2D eigenvalue weighted by atomic mass is 9.93. The van der Waals surface area contributed by atoms with Gasteiger partial charge in [0.25, 0.3) is 11.5 Å². The molecule has 9 heteroatoms. The lowest BCUT2D eigenvalue weighted by Crippen LogP contribution is -2.23. The number of hydrogen-bond acceptors (Lipinski definition) is 5. The van der Waals surface area contributed by atoms with Gasteiger partial charge in [0.05, 0.1) is 22.6 Å². The first-order chi connectivity index (χ1) is 17.4. The Bertz CT molecular complexity index is 1610. The number of halogens is 1. The van der Waals surface area contributed by atoms with Crippen molar-refractivity contribution < 1.29 is 19.0 Å². The highest BCUT2D eigenvalue weighted by Crippen LogP contribution is 2.40. The van der Waals surface area contributed by atoms with Gasteiger partial charge in [-0.2, -0.15) is 5.26 Å². The van der Waals surface area contributed by atoms with Gasteiger partial charge < -0.3 is 24.7 Å². The number of aliphatic hydroxyl groups is 1. The summed E-state index contributed by atoms with van der Waals surface area (Å²) in [6.07, 6.45) is 1.62. The number of amides is 1. The van der Waals surface area contributed by atoms with Gasteiger partial charge in [-0.15, -0.1) is 0 Å². The second kappa shape index (κ2) is 9.56. The Morgan fingerprint density at radius 3 is 2.49 bits per heavy atom. The van der Waals surface area contributed by atoms with Gasteiger partial charge in [-0.25, -0.2) is 4.39 Å². The van der Waals surface area contributed by atoms with E-state index < -0.39 is 11.5 Å². The quantitative estimate of drug-likeness (QED) is 0.334. The van der Waals surface area contributed by atoms with Crippen LogP contribution in [-0.4, -0.2) is 27.1 Å². The van der Waals surface area contributed by atoms with Gasteiger partial charge in [-0.3, -0.25) is 9.59 Å². The fraction of sp³-hybridized carbons (Fsp3) is 0.250. The van der Waals surface area contributed by atoms with Crippen LogP contribution >= 0.6 is 0 Å². The predicted molar refractivity (Wildman–Crippen MR) is 138 cm³/mol. The summed E-state index contributed by atoms with van der Waals surface area (Å²) in [6, 6.07) is 11.3. The average Bonchev–Trinajstić information content (AvgIpc) is 3.27. The van der Waals surface area contributed by atoms with Crippen molar-refractivity contribution in [2.45, 2.75) is 33.3 Å². The first-order valence-corrected chi connectivity index (χ1v) is 11.6. The minimum absolute atomic E-state index is 0.126. The molecule has 4 aromatic rings. The number of nitrogens with one attached hydrogen (secondary N) is 2. The third kappa shape index (κ3) is 4.97. The molecule has 0 aliphatic heterocycles. The van der Waals surface area contributed by atoms with Gasteiger partial charge in [0.15, 0.2) is 0 Å². The number of aromatic nitrogens is 2. The molecule has 3 N–H and O–H groups in total. The van der Waals surface area contributed by atoms with Crippen molar-refractivity contribution in [3.05, 3.63) is 81.2 Å². The zero-order chi connectivity index (χ0) is 27.1. The van der Waals surface area contributed by atoms with Crippen molar-refractivity contribution in [3.63, 3.8) is 0 Å². The molecule has 0 spiro atoms. The summed E-state index contributed by atoms with van der Waals surface area (Å²) in [4.78, 5) is 28.5. The lowest BCUT2D eigenvalue weighted by Gasteiger charge is -2.22. The minimum atomic E-state index is -1.17. The second-order valence-electron chi connectivity index (χ2n) is 9.51. The number of nitrogens with zero attached hydrogens (tertiary/aromatic N) is 2. The molecule has 37 heavy (non-hydrogen) atoms. The number of aryl methyl sites for hydroxylation is 3. The first kappa shape index (κ1) is 25.7. The molecule has 0 bridgehead atoms. The van der Waals surface area contributed by atoms with Crippen molar-refractivity contribution in [1.82, 2.24) is 14.9 Å². The van der Waals surface area contributed by atoms with Crippen molar-refractivity contribution in [2.24, 2.45) is 7.05 Å². The smallest absolute Gasteiger partial charge is 0.268 e. The summed E-state index contributed by atoms with van der Waals surface area (Å²) < 4.78 is 21.6. The molecule has 2 aromatic heterocycles. The van der Waals surface area contributed by atoms with E-state index in [0.717, 1.165) is 0 Å². The topological polar surface area (TPSA) is 120 Å². The molecular weight excluding hydrogens is 475 g/mol. The van der Waals surface area contributed by atoms with E-state index in [1.807, 2.05) is 6.07 Å². The number of ether oxygens (including phenoxy) is 1. The Morgan fingerprint density at radius 2 is 1.86 bits per heavy atom. The molecule has 2 aromatic carbocycles. The lowest BCUT2D eigenvalue weighted by molar-refractivity contribution is 0.0786. The second-order valence-corrected chi connectivity index (χ2v) is 9.51. The van der Waals surface area contributed by atoms with Gasteiger partial charge in [-0.05, 0) is 74.7 Å². The number of aromatic amines is 1. The number of carbonyl (C=O) groups is 1. The molecular formula is C28H27FN4O4. The maximum Gasteiger partial charge on any atom is 0.268 e. The van der Waals surface area contributed by atoms with E-state index >= 15 is 0 Å². The molecule has 0 saturated heterocycles. The first-order valence-electron chi connectivity index (χ1n) is 11.6. The molecule has 0 radical (unpaired) electrons. The molecule has 2 heterocycles. The number of rotatable bonds is 6. The van der Waals surface area contributed by atoms with Crippen LogP contribution in [0.2, 0.25) is 0 Å². The highest BCUT2D eigenvalue weighted by Gasteiger charge is 2.23. The summed E-state index contributed by atoms with van der Waals surface area (Å²) >= 11 is 0. The SMILES string of the molecule is Cc1cc(F)cc(C)c1Oc1ccc(C(C)(C)O)cc1-c1cn(C)c(=O)c2cc(C(=O)NCC#N)[nH]c12. The van der Waals surface area contributed by atoms with Gasteiger partial charge >= 0.3 is 0 Å². The number of nitriles is 1. The van der Waals surface area contributed by atoms with Crippen molar-refractivity contribution in [1.29, 1.82) is 5.26 Å². The van der Waals surface area contributed by atoms with Crippen molar-refractivity contribution in [2.75, 3.05) is 6.54 Å². The van der Waals surface area contributed by atoms with E-state index in [9.17, 15) is 19.1 Å². The van der Waals surface area contributed by atoms with Crippen molar-refractivity contribution >= 4 is 16.8 Å². The van der Waals surface area contributed by atoms with Crippen LogP contribution in [0, 0.1) is 31.0 Å². The van der Waals surface area contributed by atoms with E-state index in [0.29, 0.717) is 44.8 Å². The zero-order valence-electron chi connectivity index (χ0n) is 21.2. The van der Waals surface area contributed by atoms with Crippen LogP contribution in [-0.2, 0) is 12.6 Å². The molecule has 0 saturated carbocycles. The predicted octanol–water partition coefficient (Wildman–Crippen LogP) is 4.56. The average molecular weight is 503 g/mol. The fourth-order valence-corrected chi connectivity index (χ4v) is 4.26. The van der Waals surface area contributed by atoms with Crippen LogP contribution in [0.3, 0.4) is 0 Å². The van der Waals surface area contributed by atoms with Crippen LogP contribution < -0.4 is 15.6 Å².